The summed E-state index contributed by atoms with van der Waals surface area (Å²) in [6, 6.07) is 0. The first-order valence-electron chi connectivity index (χ1n) is 7.64. The van der Waals surface area contributed by atoms with Crippen molar-refractivity contribution >= 4 is 5.97 Å². The number of carboxylic acid groups (broad SMARTS) is 1. The van der Waals surface area contributed by atoms with E-state index in [1.54, 1.807) is 0 Å². The topological polar surface area (TPSA) is 37.3 Å². The average Bonchev–Trinajstić information content (AvgIpc) is 2.43. The maximum atomic E-state index is 10.3. The van der Waals surface area contributed by atoms with Crippen molar-refractivity contribution in [1.82, 2.24) is 0 Å². The molecule has 0 bridgehead atoms. The molecule has 0 spiro atoms. The van der Waals surface area contributed by atoms with Crippen LogP contribution in [0.25, 0.3) is 0 Å². The molecule has 0 fully saturated rings. The fraction of sp³-hybridized carbons (Fsp3) is 0.500. The summed E-state index contributed by atoms with van der Waals surface area (Å²) in [6.07, 6.45) is 24.4. The molecule has 0 rings (SSSR count). The zero-order chi connectivity index (χ0) is 14.9. The van der Waals surface area contributed by atoms with Gasteiger partial charge in [0.1, 0.15) is 0 Å². The van der Waals surface area contributed by atoms with Crippen LogP contribution >= 0.6 is 0 Å². The van der Waals surface area contributed by atoms with Gasteiger partial charge in [0, 0.05) is 6.42 Å². The molecule has 0 heterocycles. The van der Waals surface area contributed by atoms with Gasteiger partial charge in [0.15, 0.2) is 0 Å². The zero-order valence-electron chi connectivity index (χ0n) is 12.6. The molecule has 0 aromatic heterocycles. The van der Waals surface area contributed by atoms with E-state index in [2.05, 4.69) is 31.2 Å². The first-order valence-corrected chi connectivity index (χ1v) is 7.64. The van der Waals surface area contributed by atoms with Crippen molar-refractivity contribution < 1.29 is 9.90 Å². The van der Waals surface area contributed by atoms with Crippen LogP contribution in [-0.4, -0.2) is 11.1 Å². The molecule has 1 N–H and O–H groups in total. The predicted octanol–water partition coefficient (Wildman–Crippen LogP) is 5.44. The van der Waals surface area contributed by atoms with Gasteiger partial charge in [0.25, 0.3) is 0 Å². The average molecular weight is 278 g/mol. The lowest BCUT2D eigenvalue weighted by Gasteiger charge is -1.97. The molecule has 0 aliphatic rings. The summed E-state index contributed by atoms with van der Waals surface area (Å²) in [4.78, 5) is 10.3. The fourth-order valence-corrected chi connectivity index (χ4v) is 1.71. The quantitative estimate of drug-likeness (QED) is 0.381. The summed E-state index contributed by atoms with van der Waals surface area (Å²) in [5, 5.41) is 8.49. The molecule has 0 saturated heterocycles. The van der Waals surface area contributed by atoms with Crippen LogP contribution < -0.4 is 0 Å². The van der Waals surface area contributed by atoms with E-state index < -0.39 is 5.97 Å². The minimum absolute atomic E-state index is 0.311. The number of hydrogen-bond acceptors (Lipinski definition) is 1. The zero-order valence-corrected chi connectivity index (χ0v) is 12.6. The van der Waals surface area contributed by atoms with Gasteiger partial charge in [-0.1, -0.05) is 74.8 Å². The van der Waals surface area contributed by atoms with Gasteiger partial charge in [-0.2, -0.15) is 0 Å². The van der Waals surface area contributed by atoms with Crippen LogP contribution in [0.3, 0.4) is 0 Å². The molecule has 0 radical (unpaired) electrons. The summed E-state index contributed by atoms with van der Waals surface area (Å²) < 4.78 is 0. The molecular weight excluding hydrogens is 250 g/mol. The number of carboxylic acids is 1. The van der Waals surface area contributed by atoms with Crippen LogP contribution in [0.5, 0.6) is 0 Å². The lowest BCUT2D eigenvalue weighted by Crippen LogP contribution is -1.93. The van der Waals surface area contributed by atoms with Crippen LogP contribution in [0.1, 0.15) is 58.3 Å². The van der Waals surface area contributed by atoms with E-state index in [0.29, 0.717) is 6.42 Å². The molecule has 0 saturated carbocycles. The highest BCUT2D eigenvalue weighted by Crippen LogP contribution is 2.07. The lowest BCUT2D eigenvalue weighted by atomic mass is 10.1. The van der Waals surface area contributed by atoms with Crippen molar-refractivity contribution in [3.8, 4) is 0 Å². The number of carbonyl (C=O) groups is 1. The predicted molar refractivity (Wildman–Crippen MR) is 86.8 cm³/mol. The largest absolute Gasteiger partial charge is 0.481 e. The number of allylic oxidation sites excluding steroid dienone is 8. The summed E-state index contributed by atoms with van der Waals surface area (Å²) >= 11 is 0. The lowest BCUT2D eigenvalue weighted by molar-refractivity contribution is -0.137. The molecule has 0 amide bonds. The van der Waals surface area contributed by atoms with Gasteiger partial charge in [-0.25, -0.2) is 0 Å². The minimum Gasteiger partial charge on any atom is -0.481 e. The van der Waals surface area contributed by atoms with Crippen molar-refractivity contribution in [3.63, 3.8) is 0 Å². The van der Waals surface area contributed by atoms with Crippen LogP contribution in [0.4, 0.5) is 0 Å². The van der Waals surface area contributed by atoms with Crippen molar-refractivity contribution in [2.24, 2.45) is 0 Å². The molecule has 2 heteroatoms. The molecule has 20 heavy (non-hydrogen) atoms. The first kappa shape index (κ1) is 18.4. The standard InChI is InChI=1S/C18H28O2/c1-2-3-4-5-6-7-8-9-10-11-12-13-14-15-16-17-18(19)20/h3-10H,2,11-17H2,1H3,(H,19,20)/b4-3-,6-5+,8-7+,10-9-/i18+2. The van der Waals surface area contributed by atoms with Gasteiger partial charge < -0.3 is 5.11 Å². The van der Waals surface area contributed by atoms with Crippen LogP contribution in [0.2, 0.25) is 0 Å². The Kier molecular flexibility index (Phi) is 14.3. The highest BCUT2D eigenvalue weighted by atomic mass is 16.6. The number of hydrogen-bond donors (Lipinski definition) is 1. The number of rotatable bonds is 12. The van der Waals surface area contributed by atoms with Gasteiger partial charge in [-0.05, 0) is 25.7 Å². The van der Waals surface area contributed by atoms with Gasteiger partial charge in [-0.3, -0.25) is 4.79 Å². The normalized spacial score (nSPS) is 12.4. The van der Waals surface area contributed by atoms with E-state index in [1.165, 1.54) is 12.8 Å². The Morgan fingerprint density at radius 1 is 0.800 bits per heavy atom. The van der Waals surface area contributed by atoms with E-state index in [-0.39, 0.29) is 0 Å². The molecule has 0 unspecified atom stereocenters. The third-order valence-electron chi connectivity index (χ3n) is 2.82. The van der Waals surface area contributed by atoms with E-state index in [4.69, 9.17) is 5.11 Å². The molecule has 2 nitrogen and oxygen atoms in total. The Bertz CT molecular complexity index is 335. The minimum atomic E-state index is -0.682. The summed E-state index contributed by atoms with van der Waals surface area (Å²) in [6.45, 7) is 2.12. The Balaban J connectivity index is 3.35. The molecule has 0 atom stereocenters. The number of unbranched alkanes of at least 4 members (excludes halogenated alkanes) is 5. The Labute approximate surface area is 123 Å². The molecule has 112 valence electrons. The van der Waals surface area contributed by atoms with Crippen LogP contribution in [0, 0.1) is 0 Å². The molecule has 0 aliphatic carbocycles. The number of aliphatic carboxylic acids is 1. The highest BCUT2D eigenvalue weighted by Gasteiger charge is 1.95. The van der Waals surface area contributed by atoms with E-state index in [9.17, 15) is 4.79 Å². The summed E-state index contributed by atoms with van der Waals surface area (Å²) in [5.74, 6) is -0.682. The van der Waals surface area contributed by atoms with Crippen molar-refractivity contribution in [1.29, 1.82) is 0 Å². The van der Waals surface area contributed by atoms with E-state index >= 15 is 0 Å². The summed E-state index contributed by atoms with van der Waals surface area (Å²) in [7, 11) is 0. The second-order valence-corrected chi connectivity index (χ2v) is 4.73. The smallest absolute Gasteiger partial charge is 0.303 e. The van der Waals surface area contributed by atoms with Gasteiger partial charge >= 0.3 is 5.97 Å². The highest BCUT2D eigenvalue weighted by molar-refractivity contribution is 5.66. The van der Waals surface area contributed by atoms with Crippen LogP contribution in [-0.2, 0) is 4.79 Å². The SMILES string of the molecule is CC\C=C/C=C/C=C/C=C\CCCCCCC[14C](=O)O. The van der Waals surface area contributed by atoms with Crippen LogP contribution in [0.15, 0.2) is 48.6 Å². The maximum Gasteiger partial charge on any atom is 0.303 e. The third-order valence-corrected chi connectivity index (χ3v) is 2.82. The van der Waals surface area contributed by atoms with E-state index in [0.717, 1.165) is 32.1 Å². The molecule has 0 aromatic carbocycles. The second-order valence-electron chi connectivity index (χ2n) is 4.73. The molecule has 0 aromatic rings. The maximum absolute atomic E-state index is 10.3. The Hall–Kier alpha value is -1.57. The fourth-order valence-electron chi connectivity index (χ4n) is 1.71. The first-order chi connectivity index (χ1) is 9.77. The Morgan fingerprint density at radius 3 is 2.00 bits per heavy atom. The van der Waals surface area contributed by atoms with Gasteiger partial charge in [0.05, 0.1) is 0 Å². The van der Waals surface area contributed by atoms with Crippen molar-refractivity contribution in [2.45, 2.75) is 58.3 Å². The molecular formula is C18H28O2. The third kappa shape index (κ3) is 16.4. The molecule has 0 aliphatic heterocycles. The van der Waals surface area contributed by atoms with Gasteiger partial charge in [-0.15, -0.1) is 0 Å². The van der Waals surface area contributed by atoms with E-state index in [1.807, 2.05) is 24.3 Å². The van der Waals surface area contributed by atoms with Crippen molar-refractivity contribution in [3.05, 3.63) is 48.6 Å². The van der Waals surface area contributed by atoms with Gasteiger partial charge in [0.2, 0.25) is 0 Å². The van der Waals surface area contributed by atoms with Crippen molar-refractivity contribution in [2.75, 3.05) is 0 Å². The second kappa shape index (κ2) is 15.5. The monoisotopic (exact) mass is 278 g/mol. The Morgan fingerprint density at radius 2 is 1.35 bits per heavy atom. The summed E-state index contributed by atoms with van der Waals surface area (Å²) in [5.41, 5.74) is 0.